The molecular weight excluding hydrogens is 272 g/mol. The molecular formula is C16H19F2N3. The number of hydrogen-bond donors (Lipinski definition) is 1. The fraction of sp³-hybridized carbons (Fsp3) is 0.312. The third kappa shape index (κ3) is 4.88. The summed E-state index contributed by atoms with van der Waals surface area (Å²) in [6, 6.07) is 6.96. The van der Waals surface area contributed by atoms with Crippen molar-refractivity contribution < 1.29 is 8.78 Å². The maximum Gasteiger partial charge on any atom is 0.126 e. The molecule has 1 unspecified atom stereocenters. The largest absolute Gasteiger partial charge is 0.324 e. The zero-order valence-electron chi connectivity index (χ0n) is 12.0. The number of aromatic nitrogens is 1. The van der Waals surface area contributed by atoms with Crippen LogP contribution in [0.4, 0.5) is 8.78 Å². The first kappa shape index (κ1) is 15.5. The molecule has 3 nitrogen and oxygen atoms in total. The number of pyridine rings is 1. The number of rotatable bonds is 6. The zero-order chi connectivity index (χ0) is 15.2. The van der Waals surface area contributed by atoms with Crippen molar-refractivity contribution in [3.05, 3.63) is 65.5 Å². The molecule has 1 aromatic heterocycles. The van der Waals surface area contributed by atoms with Gasteiger partial charge in [-0.25, -0.2) is 8.78 Å². The van der Waals surface area contributed by atoms with Crippen molar-refractivity contribution >= 4 is 0 Å². The SMILES string of the molecule is CN(CCC(N)c1cc(F)cc(F)c1)Cc1ccncc1. The van der Waals surface area contributed by atoms with Crippen LogP contribution in [0.5, 0.6) is 0 Å². The van der Waals surface area contributed by atoms with Crippen molar-refractivity contribution in [2.24, 2.45) is 5.73 Å². The maximum absolute atomic E-state index is 13.2. The first-order chi connectivity index (χ1) is 10.0. The van der Waals surface area contributed by atoms with Crippen LogP contribution in [-0.2, 0) is 6.54 Å². The molecule has 2 aromatic rings. The Labute approximate surface area is 123 Å². The van der Waals surface area contributed by atoms with E-state index in [9.17, 15) is 8.78 Å². The van der Waals surface area contributed by atoms with Gasteiger partial charge in [0.25, 0.3) is 0 Å². The predicted molar refractivity (Wildman–Crippen MR) is 78.5 cm³/mol. The van der Waals surface area contributed by atoms with Crippen molar-refractivity contribution in [1.82, 2.24) is 9.88 Å². The lowest BCUT2D eigenvalue weighted by Crippen LogP contribution is -2.23. The summed E-state index contributed by atoms with van der Waals surface area (Å²) < 4.78 is 26.3. The van der Waals surface area contributed by atoms with Gasteiger partial charge in [-0.3, -0.25) is 4.98 Å². The lowest BCUT2D eigenvalue weighted by Gasteiger charge is -2.19. The van der Waals surface area contributed by atoms with Crippen molar-refractivity contribution in [3.63, 3.8) is 0 Å². The van der Waals surface area contributed by atoms with E-state index in [-0.39, 0.29) is 6.04 Å². The van der Waals surface area contributed by atoms with Gasteiger partial charge in [0.1, 0.15) is 11.6 Å². The summed E-state index contributed by atoms with van der Waals surface area (Å²) in [5, 5.41) is 0. The molecule has 0 fully saturated rings. The monoisotopic (exact) mass is 291 g/mol. The number of nitrogens with zero attached hydrogens (tertiary/aromatic N) is 2. The molecule has 2 rings (SSSR count). The first-order valence-electron chi connectivity index (χ1n) is 6.83. The lowest BCUT2D eigenvalue weighted by atomic mass is 10.0. The highest BCUT2D eigenvalue weighted by atomic mass is 19.1. The van der Waals surface area contributed by atoms with Crippen LogP contribution in [0.25, 0.3) is 0 Å². The summed E-state index contributed by atoms with van der Waals surface area (Å²) >= 11 is 0. The van der Waals surface area contributed by atoms with Gasteiger partial charge >= 0.3 is 0 Å². The second-order valence-corrected chi connectivity index (χ2v) is 5.19. The Bertz CT molecular complexity index is 555. The van der Waals surface area contributed by atoms with E-state index in [0.717, 1.165) is 24.7 Å². The van der Waals surface area contributed by atoms with Crippen LogP contribution in [0.2, 0.25) is 0 Å². The molecule has 21 heavy (non-hydrogen) atoms. The minimum Gasteiger partial charge on any atom is -0.324 e. The highest BCUT2D eigenvalue weighted by Crippen LogP contribution is 2.17. The molecule has 112 valence electrons. The van der Waals surface area contributed by atoms with Gasteiger partial charge in [0, 0.05) is 31.0 Å². The summed E-state index contributed by atoms with van der Waals surface area (Å²) in [4.78, 5) is 6.09. The normalized spacial score (nSPS) is 12.6. The molecule has 1 aromatic carbocycles. The minimum absolute atomic E-state index is 0.380. The molecule has 1 heterocycles. The fourth-order valence-electron chi connectivity index (χ4n) is 2.19. The Balaban J connectivity index is 1.87. The minimum atomic E-state index is -0.592. The van der Waals surface area contributed by atoms with Gasteiger partial charge in [-0.2, -0.15) is 0 Å². The number of nitrogens with two attached hydrogens (primary N) is 1. The number of hydrogen-bond acceptors (Lipinski definition) is 3. The van der Waals surface area contributed by atoms with Crippen LogP contribution < -0.4 is 5.73 Å². The van der Waals surface area contributed by atoms with E-state index >= 15 is 0 Å². The van der Waals surface area contributed by atoms with Gasteiger partial charge in [0.15, 0.2) is 0 Å². The zero-order valence-corrected chi connectivity index (χ0v) is 12.0. The summed E-state index contributed by atoms with van der Waals surface area (Å²) in [6.07, 6.45) is 4.14. The van der Waals surface area contributed by atoms with Crippen molar-refractivity contribution in [2.45, 2.75) is 19.0 Å². The Morgan fingerprint density at radius 2 is 1.76 bits per heavy atom. The van der Waals surface area contributed by atoms with Crippen LogP contribution in [0.1, 0.15) is 23.6 Å². The van der Waals surface area contributed by atoms with Crippen molar-refractivity contribution in [3.8, 4) is 0 Å². The van der Waals surface area contributed by atoms with Crippen molar-refractivity contribution in [1.29, 1.82) is 0 Å². The Hall–Kier alpha value is -1.85. The molecule has 0 amide bonds. The van der Waals surface area contributed by atoms with E-state index in [1.54, 1.807) is 12.4 Å². The van der Waals surface area contributed by atoms with Gasteiger partial charge < -0.3 is 10.6 Å². The molecule has 0 bridgehead atoms. The van der Waals surface area contributed by atoms with Crippen LogP contribution in [-0.4, -0.2) is 23.5 Å². The van der Waals surface area contributed by atoms with Crippen LogP contribution >= 0.6 is 0 Å². The van der Waals surface area contributed by atoms with Crippen LogP contribution in [0.15, 0.2) is 42.7 Å². The topological polar surface area (TPSA) is 42.1 Å². The number of halogens is 2. The summed E-state index contributed by atoms with van der Waals surface area (Å²) in [5.74, 6) is -1.18. The van der Waals surface area contributed by atoms with E-state index in [1.807, 2.05) is 19.2 Å². The molecule has 0 aliphatic heterocycles. The molecule has 0 saturated carbocycles. The van der Waals surface area contributed by atoms with Gasteiger partial charge in [-0.1, -0.05) is 0 Å². The van der Waals surface area contributed by atoms with Gasteiger partial charge in [0.05, 0.1) is 0 Å². The van der Waals surface area contributed by atoms with Crippen LogP contribution in [0.3, 0.4) is 0 Å². The third-order valence-electron chi connectivity index (χ3n) is 3.34. The molecule has 0 aliphatic rings. The van der Waals surface area contributed by atoms with E-state index in [1.165, 1.54) is 12.1 Å². The molecule has 1 atom stereocenters. The lowest BCUT2D eigenvalue weighted by molar-refractivity contribution is 0.311. The van der Waals surface area contributed by atoms with E-state index in [4.69, 9.17) is 5.73 Å². The summed E-state index contributed by atoms with van der Waals surface area (Å²) in [7, 11) is 1.99. The molecule has 0 aliphatic carbocycles. The Morgan fingerprint density at radius 3 is 2.38 bits per heavy atom. The summed E-state index contributed by atoms with van der Waals surface area (Å²) in [5.41, 5.74) is 7.66. The average Bonchev–Trinajstić information content (AvgIpc) is 2.45. The third-order valence-corrected chi connectivity index (χ3v) is 3.34. The Kier molecular flexibility index (Phi) is 5.36. The highest BCUT2D eigenvalue weighted by molar-refractivity contribution is 5.21. The molecule has 2 N–H and O–H groups in total. The smallest absolute Gasteiger partial charge is 0.126 e. The fourth-order valence-corrected chi connectivity index (χ4v) is 2.19. The maximum atomic E-state index is 13.2. The second-order valence-electron chi connectivity index (χ2n) is 5.19. The second kappa shape index (κ2) is 7.24. The first-order valence-corrected chi connectivity index (χ1v) is 6.83. The summed E-state index contributed by atoms with van der Waals surface area (Å²) in [6.45, 7) is 1.52. The van der Waals surface area contributed by atoms with Crippen molar-refractivity contribution in [2.75, 3.05) is 13.6 Å². The van der Waals surface area contributed by atoms with Gasteiger partial charge in [0.2, 0.25) is 0 Å². The standard InChI is InChI=1S/C16H19F2N3/c1-21(11-12-2-5-20-6-3-12)7-4-16(19)13-8-14(17)10-15(18)9-13/h2-3,5-6,8-10,16H,4,7,11,19H2,1H3. The highest BCUT2D eigenvalue weighted by Gasteiger charge is 2.10. The van der Waals surface area contributed by atoms with E-state index < -0.39 is 11.6 Å². The molecule has 0 saturated heterocycles. The van der Waals surface area contributed by atoms with Gasteiger partial charge in [-0.05, 0) is 55.4 Å². The van der Waals surface area contributed by atoms with E-state index in [0.29, 0.717) is 12.0 Å². The van der Waals surface area contributed by atoms with E-state index in [2.05, 4.69) is 9.88 Å². The molecule has 5 heteroatoms. The predicted octanol–water partition coefficient (Wildman–Crippen LogP) is 2.88. The van der Waals surface area contributed by atoms with Gasteiger partial charge in [-0.15, -0.1) is 0 Å². The quantitative estimate of drug-likeness (QED) is 0.890. The molecule has 0 spiro atoms. The average molecular weight is 291 g/mol. The van der Waals surface area contributed by atoms with Crippen LogP contribution in [0, 0.1) is 11.6 Å². The Morgan fingerprint density at radius 1 is 1.14 bits per heavy atom. The molecule has 0 radical (unpaired) electrons. The number of benzene rings is 1.